The van der Waals surface area contributed by atoms with Crippen molar-refractivity contribution in [2.24, 2.45) is 0 Å². The first kappa shape index (κ1) is 14.9. The number of carbonyl (C=O) groups excluding carboxylic acids is 1. The summed E-state index contributed by atoms with van der Waals surface area (Å²) in [5, 5.41) is 0. The Balaban J connectivity index is 4.12. The summed E-state index contributed by atoms with van der Waals surface area (Å²) in [6.07, 6.45) is -0.393. The van der Waals surface area contributed by atoms with Gasteiger partial charge < -0.3 is 0 Å². The first-order valence-corrected chi connectivity index (χ1v) is 22.9. The van der Waals surface area contributed by atoms with E-state index in [1.54, 1.807) is 0 Å². The summed E-state index contributed by atoms with van der Waals surface area (Å²) in [6.45, 7) is 4.16. The molecule has 0 N–H and O–H groups in total. The van der Waals surface area contributed by atoms with Crippen LogP contribution in [0.4, 0.5) is 4.79 Å². The molecule has 0 aromatic carbocycles. The summed E-state index contributed by atoms with van der Waals surface area (Å²) < 4.78 is 12.9. The Morgan fingerprint density at radius 2 is 1.21 bits per heavy atom. The van der Waals surface area contributed by atoms with Gasteiger partial charge in [-0.05, 0) is 0 Å². The minimum absolute atomic E-state index is 0.393. The van der Waals surface area contributed by atoms with Gasteiger partial charge in [0.25, 0.3) is 0 Å². The summed E-state index contributed by atoms with van der Waals surface area (Å²) >= 11 is -5.00. The fraction of sp³-hybridized carbons (Fsp3) is 0.889. The molecule has 3 nitrogen and oxygen atoms in total. The summed E-state index contributed by atoms with van der Waals surface area (Å²) in [7, 11) is 0. The summed E-state index contributed by atoms with van der Waals surface area (Å²) in [5.74, 6) is 0. The number of hydrogen-bond acceptors (Lipinski definition) is 3. The van der Waals surface area contributed by atoms with Gasteiger partial charge in [0.1, 0.15) is 0 Å². The fourth-order valence-corrected chi connectivity index (χ4v) is 4.93. The molecule has 0 heterocycles. The van der Waals surface area contributed by atoms with E-state index in [-0.39, 0.29) is 0 Å². The molecule has 0 bridgehead atoms. The van der Waals surface area contributed by atoms with Crippen LogP contribution in [-0.2, 0) is 6.15 Å². The molecule has 0 rings (SSSR count). The van der Waals surface area contributed by atoms with Gasteiger partial charge in [-0.15, -0.1) is 0 Å². The van der Waals surface area contributed by atoms with Crippen molar-refractivity contribution in [3.8, 4) is 0 Å². The van der Waals surface area contributed by atoms with Gasteiger partial charge in [-0.25, -0.2) is 0 Å². The molecular weight excluding hydrogens is 394 g/mol. The molecular formula is C9H22O3Sn2. The molecule has 0 aromatic rings. The molecule has 14 heavy (non-hydrogen) atoms. The van der Waals surface area contributed by atoms with Crippen LogP contribution in [0.5, 0.6) is 0 Å². The first-order valence-electron chi connectivity index (χ1n) is 5.14. The van der Waals surface area contributed by atoms with Gasteiger partial charge in [0.2, 0.25) is 0 Å². The molecule has 0 aliphatic heterocycles. The molecule has 0 spiro atoms. The summed E-state index contributed by atoms with van der Waals surface area (Å²) in [4.78, 5) is 19.9. The monoisotopic (exact) mass is 418 g/mol. The van der Waals surface area contributed by atoms with Crippen LogP contribution < -0.4 is 0 Å². The zero-order valence-electron chi connectivity index (χ0n) is 10.1. The molecule has 0 aliphatic carbocycles. The Labute approximate surface area is 96.4 Å². The Hall–Kier alpha value is 0.867. The topological polar surface area (TPSA) is 35.5 Å². The van der Waals surface area contributed by atoms with E-state index in [0.29, 0.717) is 0 Å². The van der Waals surface area contributed by atoms with E-state index < -0.39 is 43.7 Å². The van der Waals surface area contributed by atoms with Gasteiger partial charge in [0, 0.05) is 0 Å². The number of hydrogen-bond donors (Lipinski definition) is 0. The first-order chi connectivity index (χ1) is 6.22. The van der Waals surface area contributed by atoms with Crippen LogP contribution in [0.1, 0.15) is 13.8 Å². The van der Waals surface area contributed by atoms with E-state index in [1.165, 1.54) is 0 Å². The Morgan fingerprint density at radius 1 is 0.929 bits per heavy atom. The van der Waals surface area contributed by atoms with E-state index in [2.05, 4.69) is 33.6 Å². The number of rotatable bonds is 4. The van der Waals surface area contributed by atoms with Crippen LogP contribution in [0.2, 0.25) is 28.6 Å². The van der Waals surface area contributed by atoms with Crippen molar-refractivity contribution in [3.05, 3.63) is 0 Å². The second kappa shape index (κ2) is 5.82. The third-order valence-electron chi connectivity index (χ3n) is 2.42. The molecule has 84 valence electrons. The van der Waals surface area contributed by atoms with Gasteiger partial charge >= 0.3 is 97.2 Å². The van der Waals surface area contributed by atoms with Gasteiger partial charge in [-0.2, -0.15) is 0 Å². The van der Waals surface area contributed by atoms with Gasteiger partial charge in [0.05, 0.1) is 0 Å². The van der Waals surface area contributed by atoms with Crippen LogP contribution in [-0.4, -0.2) is 43.7 Å². The molecule has 0 amide bonds. The Kier molecular flexibility index (Phi) is 6.18. The van der Waals surface area contributed by atoms with Crippen molar-refractivity contribution in [2.75, 3.05) is 0 Å². The Morgan fingerprint density at radius 3 is 1.43 bits per heavy atom. The zero-order valence-corrected chi connectivity index (χ0v) is 15.8. The second-order valence-corrected chi connectivity index (χ2v) is 30.0. The molecule has 0 unspecified atom stereocenters. The van der Waals surface area contributed by atoms with Gasteiger partial charge in [-0.3, -0.25) is 0 Å². The van der Waals surface area contributed by atoms with Crippen molar-refractivity contribution in [3.63, 3.8) is 0 Å². The average Bonchev–Trinajstić information content (AvgIpc) is 2.02. The minimum atomic E-state index is -2.50. The Bertz CT molecular complexity index is 182. The molecule has 0 aliphatic rings. The van der Waals surface area contributed by atoms with Crippen LogP contribution in [0.15, 0.2) is 0 Å². The number of carbonyl (C=O) groups is 1. The molecule has 0 aromatic heterocycles. The molecule has 0 atom stereocenters. The average molecular weight is 416 g/mol. The van der Waals surface area contributed by atoms with Crippen molar-refractivity contribution in [2.45, 2.75) is 42.5 Å². The van der Waals surface area contributed by atoms with E-state index in [0.717, 1.165) is 8.87 Å². The van der Waals surface area contributed by atoms with Crippen molar-refractivity contribution in [1.82, 2.24) is 0 Å². The standard InChI is InChI=1S/2C2H5.CH2O3.4CH3.2Sn/c2*1-2;2-1(3)4;;;;;;/h2*1H2,2H3;(H2,2,3,4);4*1H3;;/q;;;;;;;2*+1/p-2. The van der Waals surface area contributed by atoms with E-state index in [4.69, 9.17) is 6.15 Å². The third-order valence-corrected chi connectivity index (χ3v) is 16.2. The van der Waals surface area contributed by atoms with Gasteiger partial charge in [0.15, 0.2) is 0 Å². The van der Waals surface area contributed by atoms with Crippen LogP contribution in [0.3, 0.4) is 0 Å². The van der Waals surface area contributed by atoms with Crippen molar-refractivity contribution >= 4 is 43.7 Å². The van der Waals surface area contributed by atoms with E-state index >= 15 is 0 Å². The molecule has 5 heteroatoms. The quantitative estimate of drug-likeness (QED) is 0.658. The maximum absolute atomic E-state index is 11.5. The molecule has 0 radical (unpaired) electrons. The van der Waals surface area contributed by atoms with E-state index in [9.17, 15) is 4.79 Å². The molecule has 0 fully saturated rings. The SMILES string of the molecule is C[CH2][Sn]([CH3])([CH3])[O]C(=O)[O][Sn]([CH3])([CH3])[CH2]C. The predicted octanol–water partition coefficient (Wildman–Crippen LogP) is 3.59. The van der Waals surface area contributed by atoms with Crippen LogP contribution in [0.25, 0.3) is 0 Å². The second-order valence-electron chi connectivity index (χ2n) is 4.68. The molecule has 0 saturated heterocycles. The maximum atomic E-state index is 11.5. The predicted molar refractivity (Wildman–Crippen MR) is 63.5 cm³/mol. The van der Waals surface area contributed by atoms with Crippen LogP contribution in [0, 0.1) is 0 Å². The van der Waals surface area contributed by atoms with Crippen LogP contribution >= 0.6 is 0 Å². The van der Waals surface area contributed by atoms with Gasteiger partial charge in [-0.1, -0.05) is 0 Å². The third kappa shape index (κ3) is 6.37. The van der Waals surface area contributed by atoms with Crippen molar-refractivity contribution in [1.29, 1.82) is 0 Å². The fourth-order valence-electron chi connectivity index (χ4n) is 0.616. The normalized spacial score (nSPS) is 12.4. The van der Waals surface area contributed by atoms with Crippen molar-refractivity contribution < 1.29 is 10.9 Å². The summed E-state index contributed by atoms with van der Waals surface area (Å²) in [6, 6.07) is 0. The summed E-state index contributed by atoms with van der Waals surface area (Å²) in [5.41, 5.74) is 0. The molecule has 0 saturated carbocycles. The zero-order chi connectivity index (χ0) is 11.4. The van der Waals surface area contributed by atoms with E-state index in [1.807, 2.05) is 0 Å².